The van der Waals surface area contributed by atoms with Crippen LogP contribution in [0.5, 0.6) is 0 Å². The molecule has 6 nitrogen and oxygen atoms in total. The summed E-state index contributed by atoms with van der Waals surface area (Å²) < 4.78 is 4.59. The van der Waals surface area contributed by atoms with E-state index in [0.29, 0.717) is 18.9 Å². The van der Waals surface area contributed by atoms with Gasteiger partial charge >= 0.3 is 0 Å². The maximum Gasteiger partial charge on any atom is 0.271 e. The van der Waals surface area contributed by atoms with Gasteiger partial charge in [-0.3, -0.25) is 9.48 Å². The predicted octanol–water partition coefficient (Wildman–Crippen LogP) is 3.27. The Hall–Kier alpha value is -1.63. The summed E-state index contributed by atoms with van der Waals surface area (Å²) in [6.45, 7) is 7.32. The highest BCUT2D eigenvalue weighted by Gasteiger charge is 2.12. The summed E-state index contributed by atoms with van der Waals surface area (Å²) in [5.41, 5.74) is 2.43. The van der Waals surface area contributed by atoms with Crippen molar-refractivity contribution in [3.63, 3.8) is 0 Å². The number of halogens is 1. The van der Waals surface area contributed by atoms with Crippen LogP contribution in [-0.4, -0.2) is 32.0 Å². The van der Waals surface area contributed by atoms with Crippen molar-refractivity contribution in [1.29, 1.82) is 0 Å². The molecule has 0 aliphatic carbocycles. The third-order valence-corrected chi connectivity index (χ3v) is 4.91. The second-order valence-electron chi connectivity index (χ2n) is 5.68. The molecule has 0 aliphatic rings. The summed E-state index contributed by atoms with van der Waals surface area (Å²) in [6.07, 6.45) is 6.37. The lowest BCUT2D eigenvalue weighted by atomic mass is 10.2. The van der Waals surface area contributed by atoms with Crippen LogP contribution in [0.2, 0.25) is 0 Å². The number of nitrogens with zero attached hydrogens (tertiary/aromatic N) is 4. The minimum absolute atomic E-state index is 0.116. The van der Waals surface area contributed by atoms with Gasteiger partial charge < -0.3 is 5.32 Å². The molecule has 126 valence electrons. The number of unbranched alkanes of at least 4 members (excludes halogenated alkanes) is 3. The van der Waals surface area contributed by atoms with E-state index in [9.17, 15) is 4.79 Å². The first-order valence-electron chi connectivity index (χ1n) is 8.04. The van der Waals surface area contributed by atoms with Crippen molar-refractivity contribution in [1.82, 2.24) is 24.9 Å². The van der Waals surface area contributed by atoms with Crippen molar-refractivity contribution in [2.45, 2.75) is 53.1 Å². The van der Waals surface area contributed by atoms with Crippen LogP contribution < -0.4 is 5.32 Å². The Labute approximate surface area is 145 Å². The molecule has 0 fully saturated rings. The van der Waals surface area contributed by atoms with Gasteiger partial charge in [0.1, 0.15) is 12.4 Å². The van der Waals surface area contributed by atoms with Crippen molar-refractivity contribution >= 4 is 21.8 Å². The van der Waals surface area contributed by atoms with E-state index in [-0.39, 0.29) is 5.91 Å². The zero-order valence-electron chi connectivity index (χ0n) is 14.0. The van der Waals surface area contributed by atoms with Gasteiger partial charge in [0, 0.05) is 12.7 Å². The first-order valence-corrected chi connectivity index (χ1v) is 8.83. The summed E-state index contributed by atoms with van der Waals surface area (Å²) >= 11 is 3.51. The van der Waals surface area contributed by atoms with Gasteiger partial charge in [0.05, 0.1) is 15.9 Å². The van der Waals surface area contributed by atoms with Crippen molar-refractivity contribution < 1.29 is 4.79 Å². The van der Waals surface area contributed by atoms with E-state index in [1.807, 2.05) is 18.5 Å². The molecule has 2 aromatic rings. The van der Waals surface area contributed by atoms with Gasteiger partial charge in [-0.15, -0.1) is 0 Å². The number of nitrogens with one attached hydrogen (secondary N) is 1. The lowest BCUT2D eigenvalue weighted by Crippen LogP contribution is -2.25. The molecule has 1 amide bonds. The molecule has 0 unspecified atom stereocenters. The second kappa shape index (κ2) is 8.29. The highest BCUT2D eigenvalue weighted by atomic mass is 79.9. The number of carbonyl (C=O) groups excluding carboxylic acids is 1. The van der Waals surface area contributed by atoms with Crippen LogP contribution in [0.15, 0.2) is 16.7 Å². The van der Waals surface area contributed by atoms with Gasteiger partial charge in [0.25, 0.3) is 5.91 Å². The Balaban J connectivity index is 1.89. The molecule has 2 heterocycles. The largest absolute Gasteiger partial charge is 0.351 e. The standard InChI is InChI=1S/C16H24BrN5O/c1-4-5-6-7-9-18-16(23)14-8-10-21(20-14)11-22-13(3)15(17)12(2)19-22/h8,10H,4-7,9,11H2,1-3H3,(H,18,23). The minimum Gasteiger partial charge on any atom is -0.351 e. The molecule has 0 saturated heterocycles. The summed E-state index contributed by atoms with van der Waals surface area (Å²) in [4.78, 5) is 12.1. The molecule has 2 rings (SSSR count). The summed E-state index contributed by atoms with van der Waals surface area (Å²) in [5, 5.41) is 11.7. The molecule has 0 saturated carbocycles. The van der Waals surface area contributed by atoms with E-state index >= 15 is 0 Å². The first-order chi connectivity index (χ1) is 11.0. The molecule has 0 aromatic carbocycles. The number of rotatable bonds is 8. The van der Waals surface area contributed by atoms with Gasteiger partial charge in [0.2, 0.25) is 0 Å². The first kappa shape index (κ1) is 17.7. The average molecular weight is 382 g/mol. The molecule has 0 aliphatic heterocycles. The molecular formula is C16H24BrN5O. The second-order valence-corrected chi connectivity index (χ2v) is 6.48. The fraction of sp³-hybridized carbons (Fsp3) is 0.562. The molecule has 2 aromatic heterocycles. The van der Waals surface area contributed by atoms with Gasteiger partial charge in [-0.2, -0.15) is 10.2 Å². The van der Waals surface area contributed by atoms with E-state index in [2.05, 4.69) is 38.4 Å². The quantitative estimate of drug-likeness (QED) is 0.713. The molecule has 1 N–H and O–H groups in total. The van der Waals surface area contributed by atoms with E-state index in [4.69, 9.17) is 0 Å². The van der Waals surface area contributed by atoms with Crippen LogP contribution in [0.4, 0.5) is 0 Å². The summed E-state index contributed by atoms with van der Waals surface area (Å²) in [5.74, 6) is -0.116. The minimum atomic E-state index is -0.116. The number of carbonyl (C=O) groups is 1. The molecule has 23 heavy (non-hydrogen) atoms. The number of amides is 1. The number of aromatic nitrogens is 4. The van der Waals surface area contributed by atoms with Crippen LogP contribution in [0, 0.1) is 13.8 Å². The van der Waals surface area contributed by atoms with E-state index in [0.717, 1.165) is 28.7 Å². The van der Waals surface area contributed by atoms with E-state index in [1.54, 1.807) is 16.9 Å². The van der Waals surface area contributed by atoms with Crippen molar-refractivity contribution in [2.24, 2.45) is 0 Å². The molecule has 7 heteroatoms. The van der Waals surface area contributed by atoms with Crippen molar-refractivity contribution in [2.75, 3.05) is 6.54 Å². The van der Waals surface area contributed by atoms with Crippen LogP contribution in [0.1, 0.15) is 54.5 Å². The number of hydrogen-bond donors (Lipinski definition) is 1. The Morgan fingerprint density at radius 1 is 1.26 bits per heavy atom. The molecule has 0 atom stereocenters. The molecule has 0 bridgehead atoms. The number of hydrogen-bond acceptors (Lipinski definition) is 3. The van der Waals surface area contributed by atoms with Crippen LogP contribution in [0.25, 0.3) is 0 Å². The monoisotopic (exact) mass is 381 g/mol. The topological polar surface area (TPSA) is 64.7 Å². The molecule has 0 radical (unpaired) electrons. The third kappa shape index (κ3) is 4.67. The molecular weight excluding hydrogens is 358 g/mol. The zero-order chi connectivity index (χ0) is 16.8. The predicted molar refractivity (Wildman–Crippen MR) is 93.5 cm³/mol. The van der Waals surface area contributed by atoms with Crippen LogP contribution in [0.3, 0.4) is 0 Å². The highest BCUT2D eigenvalue weighted by Crippen LogP contribution is 2.19. The maximum absolute atomic E-state index is 12.1. The smallest absolute Gasteiger partial charge is 0.271 e. The van der Waals surface area contributed by atoms with Crippen molar-refractivity contribution in [3.8, 4) is 0 Å². The Morgan fingerprint density at radius 3 is 2.70 bits per heavy atom. The lowest BCUT2D eigenvalue weighted by Gasteiger charge is -2.05. The lowest BCUT2D eigenvalue weighted by molar-refractivity contribution is 0.0947. The summed E-state index contributed by atoms with van der Waals surface area (Å²) in [6, 6.07) is 1.74. The summed E-state index contributed by atoms with van der Waals surface area (Å²) in [7, 11) is 0. The van der Waals surface area contributed by atoms with Crippen LogP contribution in [-0.2, 0) is 6.67 Å². The molecule has 0 spiro atoms. The Kier molecular flexibility index (Phi) is 6.38. The van der Waals surface area contributed by atoms with Gasteiger partial charge in [-0.05, 0) is 42.3 Å². The average Bonchev–Trinajstić information content (AvgIpc) is 3.09. The third-order valence-electron chi connectivity index (χ3n) is 3.76. The fourth-order valence-corrected chi connectivity index (χ4v) is 2.64. The van der Waals surface area contributed by atoms with E-state index in [1.165, 1.54) is 12.8 Å². The van der Waals surface area contributed by atoms with E-state index < -0.39 is 0 Å². The Morgan fingerprint density at radius 2 is 2.04 bits per heavy atom. The Bertz CT molecular complexity index is 661. The fourth-order valence-electron chi connectivity index (χ4n) is 2.36. The number of aryl methyl sites for hydroxylation is 1. The zero-order valence-corrected chi connectivity index (χ0v) is 15.6. The normalized spacial score (nSPS) is 11.0. The van der Waals surface area contributed by atoms with Crippen molar-refractivity contribution in [3.05, 3.63) is 33.8 Å². The SMILES string of the molecule is CCCCCCNC(=O)c1ccn(Cn2nc(C)c(Br)c2C)n1. The highest BCUT2D eigenvalue weighted by molar-refractivity contribution is 9.10. The maximum atomic E-state index is 12.1. The van der Waals surface area contributed by atoms with Gasteiger partial charge in [-0.1, -0.05) is 26.2 Å². The van der Waals surface area contributed by atoms with Crippen LogP contribution >= 0.6 is 15.9 Å². The van der Waals surface area contributed by atoms with Gasteiger partial charge in [-0.25, -0.2) is 4.68 Å². The van der Waals surface area contributed by atoms with Gasteiger partial charge in [0.15, 0.2) is 0 Å².